The highest BCUT2D eigenvalue weighted by atomic mass is 32.2. The third-order valence-corrected chi connectivity index (χ3v) is 6.39. The van der Waals surface area contributed by atoms with E-state index in [0.717, 1.165) is 12.8 Å². The summed E-state index contributed by atoms with van der Waals surface area (Å²) in [5.74, 6) is 0.0473. The fraction of sp³-hybridized carbons (Fsp3) is 0.923. The Kier molecular flexibility index (Phi) is 5.80. The van der Waals surface area contributed by atoms with Crippen LogP contribution in [0.4, 0.5) is 0 Å². The van der Waals surface area contributed by atoms with Crippen molar-refractivity contribution in [2.75, 3.05) is 19.9 Å². The topological polar surface area (TPSA) is 72.5 Å². The second kappa shape index (κ2) is 6.70. The van der Waals surface area contributed by atoms with Crippen molar-refractivity contribution >= 4 is 15.8 Å². The number of esters is 1. The van der Waals surface area contributed by atoms with Gasteiger partial charge in [0.1, 0.15) is 0 Å². The first-order chi connectivity index (χ1) is 8.81. The van der Waals surface area contributed by atoms with Crippen molar-refractivity contribution in [2.45, 2.75) is 44.4 Å². The van der Waals surface area contributed by atoms with Gasteiger partial charge in [-0.3, -0.25) is 4.79 Å². The maximum atomic E-state index is 12.4. The third-order valence-electron chi connectivity index (χ3n) is 3.99. The molecular formula is C13H25NO4S. The summed E-state index contributed by atoms with van der Waals surface area (Å²) in [7, 11) is -0.208. The lowest BCUT2D eigenvalue weighted by atomic mass is 9.80. The molecule has 0 aromatic heterocycles. The molecular weight excluding hydrogens is 266 g/mol. The first kappa shape index (κ1) is 16.4. The molecule has 1 aliphatic carbocycles. The zero-order valence-corrected chi connectivity index (χ0v) is 13.0. The second-order valence-corrected chi connectivity index (χ2v) is 7.89. The van der Waals surface area contributed by atoms with Gasteiger partial charge >= 0.3 is 5.97 Å². The summed E-state index contributed by atoms with van der Waals surface area (Å²) >= 11 is 0. The maximum Gasteiger partial charge on any atom is 0.306 e. The van der Waals surface area contributed by atoms with Crippen molar-refractivity contribution in [1.82, 2.24) is 5.32 Å². The zero-order chi connectivity index (χ0) is 14.6. The highest BCUT2D eigenvalue weighted by Gasteiger charge is 2.41. The number of hydrogen-bond acceptors (Lipinski definition) is 5. The monoisotopic (exact) mass is 291 g/mol. The smallest absolute Gasteiger partial charge is 0.306 e. The normalized spacial score (nSPS) is 32.0. The van der Waals surface area contributed by atoms with Crippen LogP contribution in [0.15, 0.2) is 0 Å². The van der Waals surface area contributed by atoms with E-state index in [-0.39, 0.29) is 24.1 Å². The summed E-state index contributed by atoms with van der Waals surface area (Å²) in [6.45, 7) is 4.14. The Morgan fingerprint density at radius 3 is 2.47 bits per heavy atom. The summed E-state index contributed by atoms with van der Waals surface area (Å²) in [4.78, 5) is 11.1. The van der Waals surface area contributed by atoms with Crippen molar-refractivity contribution < 1.29 is 17.9 Å². The first-order valence-electron chi connectivity index (χ1n) is 6.77. The van der Waals surface area contributed by atoms with Crippen LogP contribution < -0.4 is 5.32 Å². The van der Waals surface area contributed by atoms with Gasteiger partial charge in [-0.1, -0.05) is 13.8 Å². The standard InChI is InChI=1S/C13H25NO4S/c1-9-7-10(2)13(11(8-9)14-3)19(16,17)6-5-12(15)18-4/h9-11,13-14H,5-8H2,1-4H3. The van der Waals surface area contributed by atoms with Gasteiger partial charge in [0, 0.05) is 6.04 Å². The van der Waals surface area contributed by atoms with E-state index in [1.807, 2.05) is 6.92 Å². The Bertz CT molecular complexity index is 407. The Morgan fingerprint density at radius 2 is 1.95 bits per heavy atom. The van der Waals surface area contributed by atoms with E-state index in [0.29, 0.717) is 5.92 Å². The van der Waals surface area contributed by atoms with E-state index in [4.69, 9.17) is 0 Å². The molecule has 0 spiro atoms. The molecule has 1 N–H and O–H groups in total. The molecule has 6 heteroatoms. The second-order valence-electron chi connectivity index (χ2n) is 5.61. The molecule has 4 unspecified atom stereocenters. The average molecular weight is 291 g/mol. The molecule has 0 saturated heterocycles. The minimum atomic E-state index is -3.29. The average Bonchev–Trinajstić information content (AvgIpc) is 2.34. The molecule has 0 aromatic carbocycles. The van der Waals surface area contributed by atoms with Crippen LogP contribution in [0.1, 0.15) is 33.1 Å². The predicted octanol–water partition coefficient (Wildman–Crippen LogP) is 0.987. The van der Waals surface area contributed by atoms with Gasteiger partial charge in [-0.2, -0.15) is 0 Å². The van der Waals surface area contributed by atoms with Gasteiger partial charge in [0.15, 0.2) is 9.84 Å². The SMILES string of the molecule is CNC1CC(C)CC(C)C1S(=O)(=O)CCC(=O)OC. The number of ether oxygens (including phenoxy) is 1. The lowest BCUT2D eigenvalue weighted by Gasteiger charge is -2.39. The molecule has 0 aromatic rings. The molecule has 1 saturated carbocycles. The van der Waals surface area contributed by atoms with E-state index >= 15 is 0 Å². The van der Waals surface area contributed by atoms with E-state index in [1.54, 1.807) is 7.05 Å². The number of rotatable bonds is 5. The minimum absolute atomic E-state index is 0.0265. The molecule has 0 heterocycles. The van der Waals surface area contributed by atoms with Gasteiger partial charge in [0.25, 0.3) is 0 Å². The predicted molar refractivity (Wildman–Crippen MR) is 74.6 cm³/mol. The van der Waals surface area contributed by atoms with Crippen LogP contribution in [0.5, 0.6) is 0 Å². The van der Waals surface area contributed by atoms with Crippen molar-refractivity contribution in [2.24, 2.45) is 11.8 Å². The maximum absolute atomic E-state index is 12.4. The number of nitrogens with one attached hydrogen (secondary N) is 1. The number of methoxy groups -OCH3 is 1. The van der Waals surface area contributed by atoms with E-state index in [9.17, 15) is 13.2 Å². The van der Waals surface area contributed by atoms with Crippen molar-refractivity contribution in [3.05, 3.63) is 0 Å². The minimum Gasteiger partial charge on any atom is -0.469 e. The lowest BCUT2D eigenvalue weighted by Crippen LogP contribution is -2.51. The van der Waals surface area contributed by atoms with Gasteiger partial charge in [0.05, 0.1) is 24.5 Å². The molecule has 4 atom stereocenters. The van der Waals surface area contributed by atoms with Gasteiger partial charge in [-0.25, -0.2) is 8.42 Å². The zero-order valence-electron chi connectivity index (χ0n) is 12.2. The lowest BCUT2D eigenvalue weighted by molar-refractivity contribution is -0.140. The van der Waals surface area contributed by atoms with Crippen LogP contribution in [0.3, 0.4) is 0 Å². The molecule has 19 heavy (non-hydrogen) atoms. The largest absolute Gasteiger partial charge is 0.469 e. The highest BCUT2D eigenvalue weighted by molar-refractivity contribution is 7.92. The number of hydrogen-bond donors (Lipinski definition) is 1. The van der Waals surface area contributed by atoms with E-state index in [1.165, 1.54) is 7.11 Å². The molecule has 1 fully saturated rings. The number of carbonyl (C=O) groups is 1. The Hall–Kier alpha value is -0.620. The molecule has 1 rings (SSSR count). The third kappa shape index (κ3) is 4.18. The molecule has 112 valence electrons. The van der Waals surface area contributed by atoms with Gasteiger partial charge < -0.3 is 10.1 Å². The van der Waals surface area contributed by atoms with Crippen LogP contribution in [0.25, 0.3) is 0 Å². The summed E-state index contributed by atoms with van der Waals surface area (Å²) in [5.41, 5.74) is 0. The molecule has 5 nitrogen and oxygen atoms in total. The summed E-state index contributed by atoms with van der Waals surface area (Å²) < 4.78 is 29.4. The number of sulfone groups is 1. The van der Waals surface area contributed by atoms with Gasteiger partial charge in [0.2, 0.25) is 0 Å². The fourth-order valence-corrected chi connectivity index (χ4v) is 5.47. The van der Waals surface area contributed by atoms with E-state index < -0.39 is 21.1 Å². The van der Waals surface area contributed by atoms with Crippen LogP contribution in [-0.4, -0.2) is 45.6 Å². The first-order valence-corrected chi connectivity index (χ1v) is 8.49. The van der Waals surface area contributed by atoms with Crippen LogP contribution in [-0.2, 0) is 19.4 Å². The fourth-order valence-electron chi connectivity index (χ4n) is 3.18. The van der Waals surface area contributed by atoms with Crippen molar-refractivity contribution in [1.29, 1.82) is 0 Å². The van der Waals surface area contributed by atoms with Crippen LogP contribution >= 0.6 is 0 Å². The quantitative estimate of drug-likeness (QED) is 0.765. The molecule has 0 radical (unpaired) electrons. The summed E-state index contributed by atoms with van der Waals surface area (Å²) in [6, 6.07) is -0.0265. The van der Waals surface area contributed by atoms with Crippen LogP contribution in [0, 0.1) is 11.8 Å². The van der Waals surface area contributed by atoms with Crippen LogP contribution in [0.2, 0.25) is 0 Å². The van der Waals surface area contributed by atoms with Gasteiger partial charge in [-0.15, -0.1) is 0 Å². The molecule has 1 aliphatic rings. The Balaban J connectivity index is 2.81. The van der Waals surface area contributed by atoms with Crippen molar-refractivity contribution in [3.8, 4) is 0 Å². The van der Waals surface area contributed by atoms with Crippen molar-refractivity contribution in [3.63, 3.8) is 0 Å². The Labute approximate surface area is 116 Å². The van der Waals surface area contributed by atoms with E-state index in [2.05, 4.69) is 17.0 Å². The number of carbonyl (C=O) groups excluding carboxylic acids is 1. The summed E-state index contributed by atoms with van der Waals surface area (Å²) in [5, 5.41) is 2.72. The molecule has 0 aliphatic heterocycles. The molecule has 0 amide bonds. The van der Waals surface area contributed by atoms with Gasteiger partial charge in [-0.05, 0) is 31.7 Å². The highest BCUT2D eigenvalue weighted by Crippen LogP contribution is 2.33. The molecule has 0 bridgehead atoms. The summed E-state index contributed by atoms with van der Waals surface area (Å²) in [6.07, 6.45) is 1.72. The Morgan fingerprint density at radius 1 is 1.32 bits per heavy atom.